The number of rotatable bonds is 12. The van der Waals surface area contributed by atoms with Gasteiger partial charge in [-0.15, -0.1) is 0 Å². The molecular weight excluding hydrogens is 554 g/mol. The molecule has 3 aromatic rings. The number of pyridine rings is 1. The van der Waals surface area contributed by atoms with Crippen LogP contribution in [-0.2, 0) is 9.59 Å². The predicted octanol–water partition coefficient (Wildman–Crippen LogP) is 3.57. The Kier molecular flexibility index (Phi) is 10.7. The highest BCUT2D eigenvalue weighted by molar-refractivity contribution is 5.99. The second-order valence-corrected chi connectivity index (χ2v) is 9.05. The maximum absolute atomic E-state index is 14.5. The van der Waals surface area contributed by atoms with Crippen molar-refractivity contribution < 1.29 is 42.1 Å². The molecule has 3 rings (SSSR count). The molecule has 0 fully saturated rings. The second kappa shape index (κ2) is 14.2. The Labute approximate surface area is 241 Å². The van der Waals surface area contributed by atoms with Crippen molar-refractivity contribution >= 4 is 17.8 Å². The Hall–Kier alpha value is -4.78. The van der Waals surface area contributed by atoms with Gasteiger partial charge in [-0.2, -0.15) is 0 Å². The van der Waals surface area contributed by atoms with E-state index in [1.165, 1.54) is 76.8 Å². The van der Waals surface area contributed by atoms with Gasteiger partial charge in [0.2, 0.25) is 5.75 Å². The summed E-state index contributed by atoms with van der Waals surface area (Å²) in [5.74, 6) is -2.96. The molecule has 13 heteroatoms. The van der Waals surface area contributed by atoms with E-state index in [0.29, 0.717) is 11.1 Å². The fraction of sp³-hybridized carbons (Fsp3) is 0.310. The largest absolute Gasteiger partial charge is 0.497 e. The summed E-state index contributed by atoms with van der Waals surface area (Å²) >= 11 is 0. The number of aromatic nitrogens is 1. The fourth-order valence-electron chi connectivity index (χ4n) is 4.06. The summed E-state index contributed by atoms with van der Waals surface area (Å²) in [6, 6.07) is 7.29. The number of nitrogens with zero attached hydrogens (tertiary/aromatic N) is 2. The number of esters is 1. The number of methoxy groups -OCH3 is 3. The number of hydrogen-bond acceptors (Lipinski definition) is 9. The van der Waals surface area contributed by atoms with Crippen molar-refractivity contribution in [3.63, 3.8) is 0 Å². The summed E-state index contributed by atoms with van der Waals surface area (Å²) < 4.78 is 49.8. The van der Waals surface area contributed by atoms with Gasteiger partial charge in [0.15, 0.2) is 11.4 Å². The van der Waals surface area contributed by atoms with E-state index in [1.807, 2.05) is 0 Å². The minimum atomic E-state index is -1.13. The number of hydrogen-bond donors (Lipinski definition) is 2. The van der Waals surface area contributed by atoms with E-state index in [9.17, 15) is 23.2 Å². The zero-order valence-corrected chi connectivity index (χ0v) is 24.0. The third-order valence-electron chi connectivity index (χ3n) is 6.11. The normalized spacial score (nSPS) is 11.6. The molecule has 2 N–H and O–H groups in total. The first-order chi connectivity index (χ1) is 20.0. The lowest BCUT2D eigenvalue weighted by Gasteiger charge is -2.31. The Morgan fingerprint density at radius 1 is 0.929 bits per heavy atom. The molecule has 224 valence electrons. The molecule has 2 amide bonds. The summed E-state index contributed by atoms with van der Waals surface area (Å²) in [6.07, 6.45) is 1.33. The smallest absolute Gasteiger partial charge is 0.311 e. The van der Waals surface area contributed by atoms with Crippen molar-refractivity contribution in [3.8, 4) is 23.0 Å². The average Bonchev–Trinajstić information content (AvgIpc) is 2.96. The first-order valence-corrected chi connectivity index (χ1v) is 12.8. The Morgan fingerprint density at radius 3 is 2.00 bits per heavy atom. The Morgan fingerprint density at radius 2 is 1.50 bits per heavy atom. The molecule has 1 aromatic heterocycles. The summed E-state index contributed by atoms with van der Waals surface area (Å²) in [6.45, 7) is 3.01. The van der Waals surface area contributed by atoms with E-state index in [4.69, 9.17) is 18.9 Å². The monoisotopic (exact) mass is 586 g/mol. The Balaban J connectivity index is 1.88. The molecule has 0 aliphatic rings. The van der Waals surface area contributed by atoms with Crippen LogP contribution in [0.1, 0.15) is 47.9 Å². The number of halogens is 2. The van der Waals surface area contributed by atoms with Crippen molar-refractivity contribution in [2.24, 2.45) is 0 Å². The first kappa shape index (κ1) is 31.7. The molecule has 1 heterocycles. The number of amides is 2. The molecule has 0 aliphatic carbocycles. The van der Waals surface area contributed by atoms with Crippen molar-refractivity contribution in [3.05, 3.63) is 77.1 Å². The molecule has 0 spiro atoms. The van der Waals surface area contributed by atoms with Gasteiger partial charge in [0.25, 0.3) is 11.8 Å². The quantitative estimate of drug-likeness (QED) is 0.242. The highest BCUT2D eigenvalue weighted by Crippen LogP contribution is 2.33. The van der Waals surface area contributed by atoms with Crippen molar-refractivity contribution in [1.82, 2.24) is 20.7 Å². The molecule has 11 nitrogen and oxygen atoms in total. The zero-order valence-electron chi connectivity index (χ0n) is 24.0. The molecule has 0 radical (unpaired) electrons. The second-order valence-electron chi connectivity index (χ2n) is 9.05. The highest BCUT2D eigenvalue weighted by Gasteiger charge is 2.28. The van der Waals surface area contributed by atoms with Gasteiger partial charge in [0.1, 0.15) is 29.2 Å². The van der Waals surface area contributed by atoms with Crippen LogP contribution in [0.15, 0.2) is 48.7 Å². The summed E-state index contributed by atoms with van der Waals surface area (Å²) in [4.78, 5) is 42.2. The van der Waals surface area contributed by atoms with Crippen LogP contribution in [0.25, 0.3) is 0 Å². The van der Waals surface area contributed by atoms with Crippen LogP contribution in [0.3, 0.4) is 0 Å². The van der Waals surface area contributed by atoms with Crippen LogP contribution >= 0.6 is 0 Å². The Bertz CT molecular complexity index is 1400. The zero-order chi connectivity index (χ0) is 31.0. The SMILES string of the molecule is CCC(=O)Oc1c(OC)ccnc1C(=O)N[C@@H](C)C(=O)NN(C)C(c1cc(F)cc(OC)c1)c1cc(F)cc(OC)c1. The number of hydrazine groups is 1. The van der Waals surface area contributed by atoms with Gasteiger partial charge in [0.05, 0.1) is 27.4 Å². The van der Waals surface area contributed by atoms with E-state index in [2.05, 4.69) is 15.7 Å². The molecule has 0 unspecified atom stereocenters. The summed E-state index contributed by atoms with van der Waals surface area (Å²) in [5.41, 5.74) is 3.06. The molecule has 0 saturated heterocycles. The lowest BCUT2D eigenvalue weighted by Crippen LogP contribution is -2.51. The maximum Gasteiger partial charge on any atom is 0.311 e. The van der Waals surface area contributed by atoms with Gasteiger partial charge in [-0.25, -0.2) is 18.8 Å². The standard InChI is InChI=1S/C29H32F2N4O7/c1-7-24(36)42-27-23(41-6)8-9-32-25(27)29(38)33-16(2)28(37)34-35(3)26(17-10-19(30)14-21(12-17)39-4)18-11-20(31)15-22(13-18)40-5/h8-16,26H,7H2,1-6H3,(H,33,38)(H,34,37)/t16-/m0/s1. The number of carbonyl (C=O) groups excluding carboxylic acids is 3. The summed E-state index contributed by atoms with van der Waals surface area (Å²) in [5, 5.41) is 3.85. The highest BCUT2D eigenvalue weighted by atomic mass is 19.1. The molecule has 0 bridgehead atoms. The van der Waals surface area contributed by atoms with Crippen LogP contribution in [0.4, 0.5) is 8.78 Å². The minimum Gasteiger partial charge on any atom is -0.497 e. The first-order valence-electron chi connectivity index (χ1n) is 12.8. The van der Waals surface area contributed by atoms with Gasteiger partial charge in [0, 0.05) is 37.9 Å². The third-order valence-corrected chi connectivity index (χ3v) is 6.11. The van der Waals surface area contributed by atoms with Crippen LogP contribution in [0.2, 0.25) is 0 Å². The fourth-order valence-corrected chi connectivity index (χ4v) is 4.06. The predicted molar refractivity (Wildman–Crippen MR) is 147 cm³/mol. The number of ether oxygens (including phenoxy) is 4. The minimum absolute atomic E-state index is 0.0415. The van der Waals surface area contributed by atoms with Gasteiger partial charge < -0.3 is 24.3 Å². The van der Waals surface area contributed by atoms with Gasteiger partial charge in [-0.05, 0) is 42.3 Å². The van der Waals surface area contributed by atoms with E-state index < -0.39 is 41.5 Å². The van der Waals surface area contributed by atoms with Gasteiger partial charge in [-0.3, -0.25) is 19.8 Å². The van der Waals surface area contributed by atoms with E-state index >= 15 is 0 Å². The van der Waals surface area contributed by atoms with Crippen LogP contribution < -0.4 is 29.7 Å². The maximum atomic E-state index is 14.5. The van der Waals surface area contributed by atoms with Crippen LogP contribution in [0.5, 0.6) is 23.0 Å². The average molecular weight is 587 g/mol. The molecule has 0 aliphatic heterocycles. The van der Waals surface area contributed by atoms with E-state index in [0.717, 1.165) is 0 Å². The molecule has 42 heavy (non-hydrogen) atoms. The van der Waals surface area contributed by atoms with Gasteiger partial charge >= 0.3 is 5.97 Å². The van der Waals surface area contributed by atoms with Crippen molar-refractivity contribution in [2.75, 3.05) is 28.4 Å². The van der Waals surface area contributed by atoms with Gasteiger partial charge in [-0.1, -0.05) is 6.92 Å². The van der Waals surface area contributed by atoms with Crippen molar-refractivity contribution in [1.29, 1.82) is 0 Å². The number of nitrogens with one attached hydrogen (secondary N) is 2. The topological polar surface area (TPSA) is 128 Å². The summed E-state index contributed by atoms with van der Waals surface area (Å²) in [7, 11) is 5.59. The third kappa shape index (κ3) is 7.69. The molecule has 0 saturated carbocycles. The molecule has 1 atom stereocenters. The van der Waals surface area contributed by atoms with E-state index in [1.54, 1.807) is 19.1 Å². The van der Waals surface area contributed by atoms with E-state index in [-0.39, 0.29) is 35.1 Å². The van der Waals surface area contributed by atoms with Crippen molar-refractivity contribution in [2.45, 2.75) is 32.4 Å². The molecule has 2 aromatic carbocycles. The lowest BCUT2D eigenvalue weighted by atomic mass is 9.97. The van der Waals surface area contributed by atoms with Crippen LogP contribution in [-0.4, -0.2) is 62.2 Å². The molecular formula is C29H32F2N4O7. The lowest BCUT2D eigenvalue weighted by molar-refractivity contribution is -0.134. The number of carbonyl (C=O) groups is 3. The van der Waals surface area contributed by atoms with Crippen LogP contribution in [0, 0.1) is 11.6 Å². The number of benzene rings is 2.